The molecule has 2 aliphatic rings. The molecule has 2 aromatic carbocycles. The lowest BCUT2D eigenvalue weighted by Gasteiger charge is -2.43. The van der Waals surface area contributed by atoms with Gasteiger partial charge in [-0.1, -0.05) is 44.2 Å². The van der Waals surface area contributed by atoms with Crippen LogP contribution in [-0.4, -0.2) is 58.2 Å². The summed E-state index contributed by atoms with van der Waals surface area (Å²) in [4.78, 5) is 49.2. The zero-order valence-corrected chi connectivity index (χ0v) is 25.9. The summed E-state index contributed by atoms with van der Waals surface area (Å²) in [5.74, 6) is 0.514. The van der Waals surface area contributed by atoms with E-state index < -0.39 is 23.0 Å². The number of benzene rings is 2. The summed E-state index contributed by atoms with van der Waals surface area (Å²) in [5.41, 5.74) is 1.97. The van der Waals surface area contributed by atoms with Gasteiger partial charge >= 0.3 is 0 Å². The molecule has 12 nitrogen and oxygen atoms in total. The molecule has 4 N–H and O–H groups in total. The SMILES string of the molecule is CC1(C)CC(=O)C2=C(C1)N(c1ncnc3c1ncn3CC(O)COc1ccccc1)c1[nH]c(=S)[nH]c(=O)c1C2c1cccc(O)c1. The van der Waals surface area contributed by atoms with E-state index in [0.29, 0.717) is 51.8 Å². The first kappa shape index (κ1) is 29.6. The number of phenolic OH excluding ortho intramolecular Hbond substituents is 1. The fourth-order valence-electron chi connectivity index (χ4n) is 6.46. The summed E-state index contributed by atoms with van der Waals surface area (Å²) in [6.45, 7) is 4.26. The number of phenols is 1. The number of nitrogens with one attached hydrogen (secondary N) is 2. The van der Waals surface area contributed by atoms with Crippen molar-refractivity contribution in [3.8, 4) is 11.5 Å². The molecule has 4 heterocycles. The second-order valence-electron chi connectivity index (χ2n) is 12.4. The van der Waals surface area contributed by atoms with Crippen molar-refractivity contribution < 1.29 is 19.7 Å². The van der Waals surface area contributed by atoms with Crippen molar-refractivity contribution >= 4 is 40.8 Å². The number of aliphatic hydroxyl groups is 1. The Kier molecular flexibility index (Phi) is 7.29. The molecular weight excluding hydrogens is 606 g/mol. The molecule has 7 rings (SSSR count). The number of ether oxygens (including phenoxy) is 1. The Bertz CT molecular complexity index is 2140. The minimum absolute atomic E-state index is 0.0203. The first-order valence-corrected chi connectivity index (χ1v) is 15.2. The Morgan fingerprint density at radius 1 is 1.07 bits per heavy atom. The molecule has 0 fully saturated rings. The number of aromatic hydroxyl groups is 1. The van der Waals surface area contributed by atoms with Crippen LogP contribution in [0.3, 0.4) is 0 Å². The Morgan fingerprint density at radius 2 is 1.87 bits per heavy atom. The third-order valence-corrected chi connectivity index (χ3v) is 8.52. The molecule has 0 bridgehead atoms. The molecule has 0 saturated heterocycles. The van der Waals surface area contributed by atoms with Crippen molar-refractivity contribution in [1.29, 1.82) is 0 Å². The summed E-state index contributed by atoms with van der Waals surface area (Å²) in [5, 5.41) is 21.2. The van der Waals surface area contributed by atoms with Gasteiger partial charge in [-0.25, -0.2) is 15.0 Å². The van der Waals surface area contributed by atoms with Crippen LogP contribution in [0.15, 0.2) is 83.3 Å². The van der Waals surface area contributed by atoms with Crippen LogP contribution in [0, 0.1) is 10.2 Å². The van der Waals surface area contributed by atoms with E-state index >= 15 is 0 Å². The lowest BCUT2D eigenvalue weighted by Crippen LogP contribution is -2.41. The number of nitrogens with zero attached hydrogens (tertiary/aromatic N) is 5. The number of imidazole rings is 1. The highest BCUT2D eigenvalue weighted by atomic mass is 32.1. The highest BCUT2D eigenvalue weighted by Crippen LogP contribution is 2.52. The van der Waals surface area contributed by atoms with Crippen LogP contribution in [0.1, 0.15) is 43.7 Å². The second kappa shape index (κ2) is 11.3. The molecular formula is C33H31N7O5S. The number of anilines is 2. The fourth-order valence-corrected chi connectivity index (χ4v) is 6.65. The van der Waals surface area contributed by atoms with Gasteiger partial charge in [0, 0.05) is 23.6 Å². The zero-order chi connectivity index (χ0) is 32.2. The minimum atomic E-state index is -0.865. The number of aromatic amines is 2. The molecule has 0 spiro atoms. The lowest BCUT2D eigenvalue weighted by atomic mass is 9.68. The van der Waals surface area contributed by atoms with Gasteiger partial charge in [-0.2, -0.15) is 0 Å². The van der Waals surface area contributed by atoms with Crippen LogP contribution in [0.2, 0.25) is 0 Å². The third kappa shape index (κ3) is 5.26. The van der Waals surface area contributed by atoms with Gasteiger partial charge in [-0.05, 0) is 53.9 Å². The molecule has 13 heteroatoms. The van der Waals surface area contributed by atoms with Crippen LogP contribution < -0.4 is 15.2 Å². The summed E-state index contributed by atoms with van der Waals surface area (Å²) in [6, 6.07) is 15.8. The van der Waals surface area contributed by atoms with Crippen molar-refractivity contribution in [2.45, 2.75) is 45.3 Å². The predicted molar refractivity (Wildman–Crippen MR) is 173 cm³/mol. The second-order valence-corrected chi connectivity index (χ2v) is 12.8. The number of hydrogen-bond donors (Lipinski definition) is 4. The minimum Gasteiger partial charge on any atom is -0.508 e. The number of ketones is 1. The Hall–Kier alpha value is -5.14. The number of allylic oxidation sites excluding steroid dienone is 2. The van der Waals surface area contributed by atoms with E-state index in [1.165, 1.54) is 6.33 Å². The van der Waals surface area contributed by atoms with Crippen LogP contribution in [0.5, 0.6) is 11.5 Å². The smallest absolute Gasteiger partial charge is 0.258 e. The molecule has 0 radical (unpaired) electrons. The van der Waals surface area contributed by atoms with Gasteiger partial charge in [-0.15, -0.1) is 0 Å². The molecule has 234 valence electrons. The maximum absolute atomic E-state index is 14.0. The lowest BCUT2D eigenvalue weighted by molar-refractivity contribution is -0.118. The summed E-state index contributed by atoms with van der Waals surface area (Å²) < 4.78 is 7.54. The third-order valence-electron chi connectivity index (χ3n) is 8.32. The van der Waals surface area contributed by atoms with Crippen molar-refractivity contribution in [1.82, 2.24) is 29.5 Å². The average Bonchev–Trinajstić information content (AvgIpc) is 3.42. The quantitative estimate of drug-likeness (QED) is 0.185. The Balaban J connectivity index is 1.37. The monoisotopic (exact) mass is 637 g/mol. The van der Waals surface area contributed by atoms with Gasteiger partial charge < -0.3 is 24.5 Å². The standard InChI is InChI=1S/C33H31N7O5S/c1-33(2)12-22-25(23(43)13-33)24(18-7-6-8-19(41)11-18)26-28(37-32(46)38-31(26)44)40(22)30-27-29(34-16-35-30)39(17-36-27)14-20(42)15-45-21-9-4-3-5-10-21/h3-11,16-17,20,24,41-42H,12-15H2,1-2H3,(H2,37,38,44,46). The van der Waals surface area contributed by atoms with Crippen molar-refractivity contribution in [2.75, 3.05) is 11.5 Å². The Labute approximate surface area is 268 Å². The van der Waals surface area contributed by atoms with Crippen LogP contribution in [0.25, 0.3) is 11.2 Å². The number of H-pyrrole nitrogens is 2. The fraction of sp³-hybridized carbons (Fsp3) is 0.273. The van der Waals surface area contributed by atoms with E-state index in [1.807, 2.05) is 44.2 Å². The Morgan fingerprint density at radius 3 is 2.65 bits per heavy atom. The predicted octanol–water partition coefficient (Wildman–Crippen LogP) is 4.64. The largest absolute Gasteiger partial charge is 0.508 e. The maximum atomic E-state index is 14.0. The first-order chi connectivity index (χ1) is 22.1. The van der Waals surface area contributed by atoms with Crippen molar-refractivity contribution in [3.05, 3.63) is 105 Å². The van der Waals surface area contributed by atoms with Crippen LogP contribution in [-0.2, 0) is 11.3 Å². The van der Waals surface area contributed by atoms with Gasteiger partial charge in [-0.3, -0.25) is 19.5 Å². The zero-order valence-electron chi connectivity index (χ0n) is 25.1. The molecule has 2 unspecified atom stereocenters. The van der Waals surface area contributed by atoms with Gasteiger partial charge in [0.05, 0.1) is 18.4 Å². The van der Waals surface area contributed by atoms with Crippen molar-refractivity contribution in [2.24, 2.45) is 5.41 Å². The molecule has 1 aliphatic heterocycles. The summed E-state index contributed by atoms with van der Waals surface area (Å²) in [7, 11) is 0. The van der Waals surface area contributed by atoms with E-state index in [2.05, 4.69) is 24.9 Å². The number of hydrogen-bond acceptors (Lipinski definition) is 10. The number of para-hydroxylation sites is 1. The summed E-state index contributed by atoms with van der Waals surface area (Å²) in [6.07, 6.45) is 2.86. The van der Waals surface area contributed by atoms with E-state index in [4.69, 9.17) is 17.0 Å². The van der Waals surface area contributed by atoms with Gasteiger partial charge in [0.15, 0.2) is 27.5 Å². The highest BCUT2D eigenvalue weighted by Gasteiger charge is 2.46. The number of carbonyl (C=O) groups is 1. The topological polar surface area (TPSA) is 162 Å². The molecule has 0 saturated carbocycles. The number of fused-ring (bicyclic) bond motifs is 2. The summed E-state index contributed by atoms with van der Waals surface area (Å²) >= 11 is 5.43. The molecule has 2 atom stereocenters. The maximum Gasteiger partial charge on any atom is 0.258 e. The van der Waals surface area contributed by atoms with E-state index in [9.17, 15) is 19.8 Å². The molecule has 0 amide bonds. The van der Waals surface area contributed by atoms with Gasteiger partial charge in [0.25, 0.3) is 5.56 Å². The number of aromatic nitrogens is 6. The van der Waals surface area contributed by atoms with Crippen LogP contribution >= 0.6 is 12.2 Å². The first-order valence-electron chi connectivity index (χ1n) is 14.8. The average molecular weight is 638 g/mol. The molecule has 1 aliphatic carbocycles. The van der Waals surface area contributed by atoms with E-state index in [1.54, 1.807) is 40.1 Å². The molecule has 5 aromatic rings. The van der Waals surface area contributed by atoms with E-state index in [0.717, 1.165) is 0 Å². The normalized spacial score (nSPS) is 17.9. The van der Waals surface area contributed by atoms with Gasteiger partial charge in [0.1, 0.15) is 36.4 Å². The van der Waals surface area contributed by atoms with Gasteiger partial charge in [0.2, 0.25) is 0 Å². The number of Topliss-reactive ketones (excluding diaryl/α,β-unsaturated/α-hetero) is 1. The van der Waals surface area contributed by atoms with Crippen LogP contribution in [0.4, 0.5) is 11.6 Å². The van der Waals surface area contributed by atoms with E-state index in [-0.39, 0.29) is 41.4 Å². The van der Waals surface area contributed by atoms with Crippen molar-refractivity contribution in [3.63, 3.8) is 0 Å². The highest BCUT2D eigenvalue weighted by molar-refractivity contribution is 7.71. The number of rotatable bonds is 7. The molecule has 3 aromatic heterocycles. The molecule has 46 heavy (non-hydrogen) atoms. The number of aliphatic hydroxyl groups excluding tert-OH is 1. The number of carbonyl (C=O) groups excluding carboxylic acids is 1.